The van der Waals surface area contributed by atoms with E-state index < -0.39 is 0 Å². The molecule has 6 rings (SSSR count). The molecule has 2 aliphatic heterocycles. The normalized spacial score (nSPS) is 17.3. The largest absolute Gasteiger partial charge is 0.356 e. The first kappa shape index (κ1) is 23.7. The number of aromatic nitrogens is 2. The van der Waals surface area contributed by atoms with E-state index in [-0.39, 0.29) is 0 Å². The fraction of sp³-hybridized carbons (Fsp3) is 0.387. The van der Waals surface area contributed by atoms with Gasteiger partial charge in [-0.2, -0.15) is 15.1 Å². The lowest BCUT2D eigenvalue weighted by Gasteiger charge is -2.25. The quantitative estimate of drug-likeness (QED) is 0.185. The third-order valence-electron chi connectivity index (χ3n) is 7.71. The van der Waals surface area contributed by atoms with E-state index in [1.54, 1.807) is 0 Å². The lowest BCUT2D eigenvalue weighted by Crippen LogP contribution is -2.29. The van der Waals surface area contributed by atoms with Crippen LogP contribution in [-0.4, -0.2) is 42.4 Å². The molecular formula is C31H36N6. The SMILES string of the molecule is C(=N/Nc1cc(N2CCCCCC2)nc(N2CCCCCC2)n1)/c1c2ccccc2cc2ccccc12. The summed E-state index contributed by atoms with van der Waals surface area (Å²) in [6, 6.07) is 21.4. The molecule has 0 saturated carbocycles. The number of nitrogens with zero attached hydrogens (tertiary/aromatic N) is 5. The number of rotatable bonds is 5. The van der Waals surface area contributed by atoms with Gasteiger partial charge in [0.15, 0.2) is 5.82 Å². The smallest absolute Gasteiger partial charge is 0.229 e. The zero-order valence-electron chi connectivity index (χ0n) is 21.6. The van der Waals surface area contributed by atoms with Gasteiger partial charge in [-0.3, -0.25) is 5.43 Å². The van der Waals surface area contributed by atoms with Crippen molar-refractivity contribution in [1.82, 2.24) is 9.97 Å². The number of nitrogens with one attached hydrogen (secondary N) is 1. The van der Waals surface area contributed by atoms with E-state index in [4.69, 9.17) is 15.1 Å². The van der Waals surface area contributed by atoms with Gasteiger partial charge >= 0.3 is 0 Å². The Morgan fingerprint density at radius 2 is 1.22 bits per heavy atom. The monoisotopic (exact) mass is 492 g/mol. The molecule has 6 heteroatoms. The first-order valence-corrected chi connectivity index (χ1v) is 13.9. The summed E-state index contributed by atoms with van der Waals surface area (Å²) in [5, 5.41) is 9.56. The zero-order chi connectivity index (χ0) is 24.9. The van der Waals surface area contributed by atoms with E-state index in [9.17, 15) is 0 Å². The third-order valence-corrected chi connectivity index (χ3v) is 7.71. The Morgan fingerprint density at radius 1 is 0.649 bits per heavy atom. The predicted molar refractivity (Wildman–Crippen MR) is 156 cm³/mol. The van der Waals surface area contributed by atoms with Crippen LogP contribution < -0.4 is 15.2 Å². The summed E-state index contributed by atoms with van der Waals surface area (Å²) in [5.74, 6) is 2.61. The molecule has 3 heterocycles. The van der Waals surface area contributed by atoms with Gasteiger partial charge in [-0.15, -0.1) is 0 Å². The van der Waals surface area contributed by atoms with Crippen molar-refractivity contribution in [3.8, 4) is 0 Å². The Bertz CT molecular complexity index is 1290. The molecule has 0 spiro atoms. The van der Waals surface area contributed by atoms with E-state index >= 15 is 0 Å². The molecule has 1 aromatic heterocycles. The fourth-order valence-corrected chi connectivity index (χ4v) is 5.70. The molecule has 37 heavy (non-hydrogen) atoms. The molecule has 0 aliphatic carbocycles. The molecule has 0 unspecified atom stereocenters. The van der Waals surface area contributed by atoms with Crippen LogP contribution in [0.1, 0.15) is 56.9 Å². The molecule has 0 bridgehead atoms. The van der Waals surface area contributed by atoms with Crippen LogP contribution in [-0.2, 0) is 0 Å². The minimum absolute atomic E-state index is 0.759. The molecule has 4 aromatic rings. The average Bonchev–Trinajstić information content (AvgIpc) is 3.39. The molecular weight excluding hydrogens is 456 g/mol. The Morgan fingerprint density at radius 3 is 1.84 bits per heavy atom. The highest BCUT2D eigenvalue weighted by molar-refractivity contribution is 6.13. The topological polar surface area (TPSA) is 56.7 Å². The molecule has 2 aliphatic rings. The van der Waals surface area contributed by atoms with Crippen molar-refractivity contribution in [3.05, 3.63) is 66.2 Å². The Balaban J connectivity index is 1.34. The van der Waals surface area contributed by atoms with Crippen LogP contribution in [0.25, 0.3) is 21.5 Å². The van der Waals surface area contributed by atoms with E-state index in [0.717, 1.165) is 49.3 Å². The van der Waals surface area contributed by atoms with Crippen molar-refractivity contribution in [3.63, 3.8) is 0 Å². The maximum Gasteiger partial charge on any atom is 0.229 e. The number of benzene rings is 3. The number of anilines is 3. The summed E-state index contributed by atoms with van der Waals surface area (Å²) < 4.78 is 0. The summed E-state index contributed by atoms with van der Waals surface area (Å²) >= 11 is 0. The van der Waals surface area contributed by atoms with Crippen molar-refractivity contribution in [2.75, 3.05) is 41.4 Å². The summed E-state index contributed by atoms with van der Waals surface area (Å²) in [6.07, 6.45) is 12.0. The number of hydrogen-bond acceptors (Lipinski definition) is 6. The zero-order valence-corrected chi connectivity index (χ0v) is 21.6. The van der Waals surface area contributed by atoms with Crippen LogP contribution in [0.5, 0.6) is 0 Å². The summed E-state index contributed by atoms with van der Waals surface area (Å²) in [6.45, 7) is 4.16. The molecule has 6 nitrogen and oxygen atoms in total. The van der Waals surface area contributed by atoms with E-state index in [1.165, 1.54) is 72.9 Å². The first-order chi connectivity index (χ1) is 18.3. The van der Waals surface area contributed by atoms with Crippen LogP contribution in [0.4, 0.5) is 17.6 Å². The Labute approximate surface area is 219 Å². The molecule has 2 fully saturated rings. The number of hydrogen-bond donors (Lipinski definition) is 1. The highest BCUT2D eigenvalue weighted by Crippen LogP contribution is 2.28. The second-order valence-corrected chi connectivity index (χ2v) is 10.3. The second-order valence-electron chi connectivity index (χ2n) is 10.3. The maximum atomic E-state index is 5.06. The predicted octanol–water partition coefficient (Wildman–Crippen LogP) is 6.99. The fourth-order valence-electron chi connectivity index (χ4n) is 5.70. The van der Waals surface area contributed by atoms with Crippen molar-refractivity contribution in [1.29, 1.82) is 0 Å². The molecule has 2 saturated heterocycles. The van der Waals surface area contributed by atoms with E-state index in [0.29, 0.717) is 0 Å². The van der Waals surface area contributed by atoms with E-state index in [1.807, 2.05) is 6.21 Å². The Hall–Kier alpha value is -3.67. The molecule has 0 radical (unpaired) electrons. The van der Waals surface area contributed by atoms with Crippen LogP contribution in [0.15, 0.2) is 65.8 Å². The van der Waals surface area contributed by atoms with Gasteiger partial charge in [0.25, 0.3) is 0 Å². The first-order valence-electron chi connectivity index (χ1n) is 13.9. The summed E-state index contributed by atoms with van der Waals surface area (Å²) in [7, 11) is 0. The molecule has 3 aromatic carbocycles. The van der Waals surface area contributed by atoms with Gasteiger partial charge in [0.1, 0.15) is 5.82 Å². The summed E-state index contributed by atoms with van der Waals surface area (Å²) in [5.41, 5.74) is 4.40. The maximum absolute atomic E-state index is 5.06. The lowest BCUT2D eigenvalue weighted by atomic mass is 9.97. The Kier molecular flexibility index (Phi) is 7.15. The third kappa shape index (κ3) is 5.38. The molecule has 0 atom stereocenters. The van der Waals surface area contributed by atoms with Crippen LogP contribution in [0.3, 0.4) is 0 Å². The highest BCUT2D eigenvalue weighted by atomic mass is 15.4. The highest BCUT2D eigenvalue weighted by Gasteiger charge is 2.18. The van der Waals surface area contributed by atoms with Crippen LogP contribution >= 0.6 is 0 Å². The second kappa shape index (κ2) is 11.2. The van der Waals surface area contributed by atoms with Crippen molar-refractivity contribution >= 4 is 45.3 Å². The van der Waals surface area contributed by atoms with Crippen molar-refractivity contribution < 1.29 is 0 Å². The minimum atomic E-state index is 0.759. The average molecular weight is 493 g/mol. The summed E-state index contributed by atoms with van der Waals surface area (Å²) in [4.78, 5) is 14.8. The van der Waals surface area contributed by atoms with Crippen LogP contribution in [0, 0.1) is 0 Å². The molecule has 0 amide bonds. The minimum Gasteiger partial charge on any atom is -0.356 e. The van der Waals surface area contributed by atoms with Gasteiger partial charge in [0, 0.05) is 37.8 Å². The standard InChI is InChI=1S/C31H36N6/c1-2-10-18-36(17-9-1)30-22-29(33-31(34-30)37-19-11-3-4-12-20-37)35-32-23-28-26-15-7-5-13-24(26)21-25-14-6-8-16-27(25)28/h5-8,13-16,21-23H,1-4,9-12,17-20H2,(H,33,34,35)/b32-23-. The van der Waals surface area contributed by atoms with Gasteiger partial charge in [-0.05, 0) is 53.3 Å². The van der Waals surface area contributed by atoms with E-state index in [2.05, 4.69) is 75.9 Å². The number of hydrazone groups is 1. The van der Waals surface area contributed by atoms with Crippen molar-refractivity contribution in [2.24, 2.45) is 5.10 Å². The van der Waals surface area contributed by atoms with Crippen LogP contribution in [0.2, 0.25) is 0 Å². The van der Waals surface area contributed by atoms with Gasteiger partial charge in [-0.1, -0.05) is 74.2 Å². The molecule has 190 valence electrons. The van der Waals surface area contributed by atoms with Gasteiger partial charge in [-0.25, -0.2) is 0 Å². The van der Waals surface area contributed by atoms with Gasteiger partial charge in [0.2, 0.25) is 5.95 Å². The lowest BCUT2D eigenvalue weighted by molar-refractivity contribution is 0.726. The van der Waals surface area contributed by atoms with Crippen molar-refractivity contribution in [2.45, 2.75) is 51.4 Å². The number of fused-ring (bicyclic) bond motifs is 2. The molecule has 1 N–H and O–H groups in total. The van der Waals surface area contributed by atoms with Gasteiger partial charge < -0.3 is 9.80 Å². The van der Waals surface area contributed by atoms with Gasteiger partial charge in [0.05, 0.1) is 6.21 Å².